The summed E-state index contributed by atoms with van der Waals surface area (Å²) in [6.45, 7) is 1.66. The second kappa shape index (κ2) is 9.80. The third-order valence-electron chi connectivity index (χ3n) is 5.03. The van der Waals surface area contributed by atoms with Crippen LogP contribution in [-0.4, -0.2) is 35.7 Å². The first kappa shape index (κ1) is 20.5. The smallest absolute Gasteiger partial charge is 0.251 e. The molecule has 0 aliphatic rings. The lowest BCUT2D eigenvalue weighted by molar-refractivity contribution is 0.0954. The number of ether oxygens (including phenoxy) is 2. The number of benzene rings is 3. The highest BCUT2D eigenvalue weighted by molar-refractivity contribution is 5.94. The minimum atomic E-state index is -0.0791. The maximum atomic E-state index is 12.3. The number of fused-ring (bicyclic) bond motifs is 1. The summed E-state index contributed by atoms with van der Waals surface area (Å²) in [5.74, 6) is 2.37. The zero-order chi connectivity index (χ0) is 21.5. The van der Waals surface area contributed by atoms with E-state index in [1.54, 1.807) is 19.2 Å². The van der Waals surface area contributed by atoms with Crippen molar-refractivity contribution in [1.82, 2.24) is 14.9 Å². The Kier molecular flexibility index (Phi) is 6.47. The van der Waals surface area contributed by atoms with Gasteiger partial charge in [-0.1, -0.05) is 36.4 Å². The molecular formula is C25H25N3O3. The molecular weight excluding hydrogens is 390 g/mol. The van der Waals surface area contributed by atoms with E-state index in [-0.39, 0.29) is 5.91 Å². The first-order valence-corrected chi connectivity index (χ1v) is 10.3. The Morgan fingerprint density at radius 1 is 0.968 bits per heavy atom. The summed E-state index contributed by atoms with van der Waals surface area (Å²) in [6, 6.07) is 24.8. The van der Waals surface area contributed by atoms with Crippen molar-refractivity contribution in [3.05, 3.63) is 90.3 Å². The number of imidazole rings is 1. The average molecular weight is 415 g/mol. The monoisotopic (exact) mass is 415 g/mol. The third-order valence-corrected chi connectivity index (χ3v) is 5.03. The largest absolute Gasteiger partial charge is 0.497 e. The Balaban J connectivity index is 1.42. The summed E-state index contributed by atoms with van der Waals surface area (Å²) in [4.78, 5) is 17.1. The normalized spacial score (nSPS) is 10.7. The van der Waals surface area contributed by atoms with E-state index < -0.39 is 0 Å². The molecule has 1 heterocycles. The zero-order valence-electron chi connectivity index (χ0n) is 17.5. The van der Waals surface area contributed by atoms with Crippen molar-refractivity contribution in [3.8, 4) is 11.5 Å². The van der Waals surface area contributed by atoms with Gasteiger partial charge in [0.1, 0.15) is 23.9 Å². The number of hydrogen-bond donors (Lipinski definition) is 1. The number of hydrogen-bond acceptors (Lipinski definition) is 4. The van der Waals surface area contributed by atoms with E-state index in [4.69, 9.17) is 14.5 Å². The minimum absolute atomic E-state index is 0.0791. The quantitative estimate of drug-likeness (QED) is 0.447. The van der Waals surface area contributed by atoms with Crippen LogP contribution in [0.25, 0.3) is 11.0 Å². The van der Waals surface area contributed by atoms with Gasteiger partial charge in [-0.3, -0.25) is 4.79 Å². The molecule has 0 fully saturated rings. The van der Waals surface area contributed by atoms with Gasteiger partial charge in [-0.2, -0.15) is 0 Å². The lowest BCUT2D eigenvalue weighted by Gasteiger charge is -2.12. The van der Waals surface area contributed by atoms with Crippen LogP contribution in [0.1, 0.15) is 16.2 Å². The number of para-hydroxylation sites is 2. The van der Waals surface area contributed by atoms with E-state index in [1.165, 1.54) is 0 Å². The van der Waals surface area contributed by atoms with E-state index in [0.29, 0.717) is 31.7 Å². The van der Waals surface area contributed by atoms with Crippen LogP contribution in [-0.2, 0) is 13.0 Å². The van der Waals surface area contributed by atoms with Gasteiger partial charge in [0.25, 0.3) is 5.91 Å². The standard InChI is InChI=1S/C25H25N3O3/c1-30-20-10-7-11-21(18-20)31-17-16-28-23-13-6-5-12-22(23)27-24(28)14-15-26-25(29)19-8-3-2-4-9-19/h2-13,18H,14-17H2,1H3,(H,26,29). The first-order chi connectivity index (χ1) is 15.2. The highest BCUT2D eigenvalue weighted by atomic mass is 16.5. The van der Waals surface area contributed by atoms with Crippen LogP contribution in [0.3, 0.4) is 0 Å². The van der Waals surface area contributed by atoms with Crippen LogP contribution in [0.2, 0.25) is 0 Å². The van der Waals surface area contributed by atoms with Gasteiger partial charge in [-0.25, -0.2) is 4.98 Å². The van der Waals surface area contributed by atoms with Crippen LogP contribution < -0.4 is 14.8 Å². The molecule has 0 aliphatic carbocycles. The lowest BCUT2D eigenvalue weighted by Crippen LogP contribution is -2.26. The van der Waals surface area contributed by atoms with Gasteiger partial charge in [0.2, 0.25) is 0 Å². The van der Waals surface area contributed by atoms with Crippen molar-refractivity contribution < 1.29 is 14.3 Å². The molecule has 1 amide bonds. The Hall–Kier alpha value is -3.80. The van der Waals surface area contributed by atoms with Gasteiger partial charge >= 0.3 is 0 Å². The predicted molar refractivity (Wildman–Crippen MR) is 121 cm³/mol. The number of rotatable bonds is 9. The second-order valence-corrected chi connectivity index (χ2v) is 7.07. The molecule has 6 nitrogen and oxygen atoms in total. The van der Waals surface area contributed by atoms with Gasteiger partial charge in [0.15, 0.2) is 0 Å². The van der Waals surface area contributed by atoms with E-state index in [9.17, 15) is 4.79 Å². The van der Waals surface area contributed by atoms with Crippen LogP contribution in [0.15, 0.2) is 78.9 Å². The molecule has 1 N–H and O–H groups in total. The average Bonchev–Trinajstić information content (AvgIpc) is 3.17. The molecule has 0 radical (unpaired) electrons. The van der Waals surface area contributed by atoms with E-state index in [1.807, 2.05) is 60.7 Å². The zero-order valence-corrected chi connectivity index (χ0v) is 17.5. The molecule has 1 aromatic heterocycles. The van der Waals surface area contributed by atoms with Crippen molar-refractivity contribution in [2.24, 2.45) is 0 Å². The number of nitrogens with zero attached hydrogens (tertiary/aromatic N) is 2. The molecule has 3 aromatic carbocycles. The van der Waals surface area contributed by atoms with Crippen molar-refractivity contribution >= 4 is 16.9 Å². The topological polar surface area (TPSA) is 65.4 Å². The molecule has 4 aromatic rings. The van der Waals surface area contributed by atoms with Crippen LogP contribution in [0, 0.1) is 0 Å². The molecule has 0 atom stereocenters. The molecule has 31 heavy (non-hydrogen) atoms. The fraction of sp³-hybridized carbons (Fsp3) is 0.200. The van der Waals surface area contributed by atoms with Gasteiger partial charge in [0, 0.05) is 24.6 Å². The number of methoxy groups -OCH3 is 1. The molecule has 6 heteroatoms. The second-order valence-electron chi connectivity index (χ2n) is 7.07. The highest BCUT2D eigenvalue weighted by Crippen LogP contribution is 2.20. The van der Waals surface area contributed by atoms with Crippen LogP contribution >= 0.6 is 0 Å². The van der Waals surface area contributed by atoms with Crippen molar-refractivity contribution in [2.75, 3.05) is 20.3 Å². The van der Waals surface area contributed by atoms with E-state index in [0.717, 1.165) is 28.4 Å². The number of carbonyl (C=O) groups is 1. The maximum absolute atomic E-state index is 12.3. The van der Waals surface area contributed by atoms with Crippen molar-refractivity contribution in [2.45, 2.75) is 13.0 Å². The molecule has 4 rings (SSSR count). The minimum Gasteiger partial charge on any atom is -0.497 e. The fourth-order valence-electron chi connectivity index (χ4n) is 3.49. The Morgan fingerprint density at radius 3 is 2.58 bits per heavy atom. The molecule has 0 saturated heterocycles. The van der Waals surface area contributed by atoms with Crippen LogP contribution in [0.4, 0.5) is 0 Å². The maximum Gasteiger partial charge on any atom is 0.251 e. The number of carbonyl (C=O) groups excluding carboxylic acids is 1. The summed E-state index contributed by atoms with van der Waals surface area (Å²) in [6.07, 6.45) is 0.631. The Labute approximate surface area is 181 Å². The molecule has 0 bridgehead atoms. The number of aromatic nitrogens is 2. The number of amides is 1. The van der Waals surface area contributed by atoms with Gasteiger partial charge in [0.05, 0.1) is 24.7 Å². The van der Waals surface area contributed by atoms with Gasteiger partial charge in [-0.15, -0.1) is 0 Å². The first-order valence-electron chi connectivity index (χ1n) is 10.3. The van der Waals surface area contributed by atoms with E-state index in [2.05, 4.69) is 16.0 Å². The summed E-state index contributed by atoms with van der Waals surface area (Å²) in [7, 11) is 1.64. The molecule has 0 aliphatic heterocycles. The van der Waals surface area contributed by atoms with Crippen molar-refractivity contribution in [1.29, 1.82) is 0 Å². The van der Waals surface area contributed by atoms with Gasteiger partial charge in [-0.05, 0) is 36.4 Å². The molecule has 0 unspecified atom stereocenters. The Bertz CT molecular complexity index is 1160. The summed E-state index contributed by atoms with van der Waals surface area (Å²) in [5, 5.41) is 2.98. The third kappa shape index (κ3) is 5.04. The summed E-state index contributed by atoms with van der Waals surface area (Å²) >= 11 is 0. The summed E-state index contributed by atoms with van der Waals surface area (Å²) < 4.78 is 13.3. The summed E-state index contributed by atoms with van der Waals surface area (Å²) in [5.41, 5.74) is 2.65. The molecule has 158 valence electrons. The molecule has 0 spiro atoms. The predicted octanol–water partition coefficient (Wildman–Crippen LogP) is 4.10. The van der Waals surface area contributed by atoms with Crippen molar-refractivity contribution in [3.63, 3.8) is 0 Å². The number of nitrogens with one attached hydrogen (secondary N) is 1. The van der Waals surface area contributed by atoms with Gasteiger partial charge < -0.3 is 19.4 Å². The lowest BCUT2D eigenvalue weighted by atomic mass is 10.2. The SMILES string of the molecule is COc1cccc(OCCn2c(CCNC(=O)c3ccccc3)nc3ccccc32)c1. The van der Waals surface area contributed by atoms with E-state index >= 15 is 0 Å². The molecule has 0 saturated carbocycles. The highest BCUT2D eigenvalue weighted by Gasteiger charge is 2.11. The Morgan fingerprint density at radius 2 is 1.74 bits per heavy atom. The fourth-order valence-corrected chi connectivity index (χ4v) is 3.49. The van der Waals surface area contributed by atoms with Crippen LogP contribution in [0.5, 0.6) is 11.5 Å².